The third-order valence-electron chi connectivity index (χ3n) is 3.73. The molecule has 30 heavy (non-hydrogen) atoms. The van der Waals surface area contributed by atoms with Gasteiger partial charge in [0.05, 0.1) is 13.7 Å². The largest absolute Gasteiger partial charge is 0.508 e. The Kier molecular flexibility index (Phi) is 8.26. The Balaban J connectivity index is 2.30. The second-order valence-corrected chi connectivity index (χ2v) is 6.64. The smallest absolute Gasteiger partial charge is 0.343 e. The first kappa shape index (κ1) is 22.8. The highest BCUT2D eigenvalue weighted by Gasteiger charge is 2.15. The van der Waals surface area contributed by atoms with Crippen LogP contribution in [0.2, 0.25) is 0 Å². The van der Waals surface area contributed by atoms with Crippen LogP contribution in [0.25, 0.3) is 6.08 Å². The van der Waals surface area contributed by atoms with E-state index in [0.717, 1.165) is 0 Å². The standard InChI is InChI=1S/C21H19BrN2O6/c1-3-29-18-9-13(17(22)10-19(18)30-12-20(26)28-2)8-14(11-23)21(27)24-15-4-6-16(25)7-5-15/h4-10,25H,3,12H2,1-2H3,(H,24,27)/b14-8+. The van der Waals surface area contributed by atoms with E-state index in [9.17, 15) is 20.0 Å². The number of aromatic hydroxyl groups is 1. The van der Waals surface area contributed by atoms with E-state index >= 15 is 0 Å². The fourth-order valence-corrected chi connectivity index (χ4v) is 2.72. The Bertz CT molecular complexity index is 996. The van der Waals surface area contributed by atoms with Crippen LogP contribution in [-0.2, 0) is 14.3 Å². The van der Waals surface area contributed by atoms with Crippen LogP contribution < -0.4 is 14.8 Å². The average molecular weight is 475 g/mol. The molecule has 0 spiro atoms. The van der Waals surface area contributed by atoms with E-state index in [0.29, 0.717) is 33.8 Å². The molecule has 0 saturated carbocycles. The van der Waals surface area contributed by atoms with Gasteiger partial charge in [-0.05, 0) is 55.0 Å². The molecule has 0 saturated heterocycles. The van der Waals surface area contributed by atoms with Crippen LogP contribution in [0.5, 0.6) is 17.2 Å². The molecule has 0 aliphatic carbocycles. The van der Waals surface area contributed by atoms with E-state index in [4.69, 9.17) is 9.47 Å². The lowest BCUT2D eigenvalue weighted by atomic mass is 10.1. The number of esters is 1. The average Bonchev–Trinajstić information content (AvgIpc) is 2.74. The van der Waals surface area contributed by atoms with Gasteiger partial charge in [0.2, 0.25) is 0 Å². The molecular formula is C21H19BrN2O6. The second-order valence-electron chi connectivity index (χ2n) is 5.79. The highest BCUT2D eigenvalue weighted by Crippen LogP contribution is 2.35. The minimum atomic E-state index is -0.612. The molecule has 0 fully saturated rings. The number of amides is 1. The summed E-state index contributed by atoms with van der Waals surface area (Å²) in [5, 5.41) is 21.3. The number of nitrogens with zero attached hydrogens (tertiary/aromatic N) is 1. The van der Waals surface area contributed by atoms with E-state index in [-0.39, 0.29) is 17.9 Å². The van der Waals surface area contributed by atoms with Crippen molar-refractivity contribution < 1.29 is 28.9 Å². The lowest BCUT2D eigenvalue weighted by Crippen LogP contribution is -2.14. The van der Waals surface area contributed by atoms with Gasteiger partial charge in [-0.3, -0.25) is 4.79 Å². The number of carbonyl (C=O) groups is 2. The van der Waals surface area contributed by atoms with Gasteiger partial charge in [0, 0.05) is 10.2 Å². The summed E-state index contributed by atoms with van der Waals surface area (Å²) in [7, 11) is 1.26. The van der Waals surface area contributed by atoms with Crippen LogP contribution in [-0.4, -0.2) is 37.3 Å². The van der Waals surface area contributed by atoms with Gasteiger partial charge in [0.15, 0.2) is 18.1 Å². The number of benzene rings is 2. The van der Waals surface area contributed by atoms with Crippen molar-refractivity contribution in [3.8, 4) is 23.3 Å². The summed E-state index contributed by atoms with van der Waals surface area (Å²) in [6.07, 6.45) is 1.40. The number of phenolic OH excluding ortho intramolecular Hbond substituents is 1. The fraction of sp³-hybridized carbons (Fsp3) is 0.190. The molecule has 156 valence electrons. The molecule has 0 aliphatic rings. The van der Waals surface area contributed by atoms with Crippen molar-refractivity contribution in [2.75, 3.05) is 25.6 Å². The zero-order valence-corrected chi connectivity index (χ0v) is 17.9. The van der Waals surface area contributed by atoms with Gasteiger partial charge in [-0.15, -0.1) is 0 Å². The summed E-state index contributed by atoms with van der Waals surface area (Å²) in [5.74, 6) is -0.453. The quantitative estimate of drug-likeness (QED) is 0.259. The van der Waals surface area contributed by atoms with Crippen LogP contribution in [0, 0.1) is 11.3 Å². The number of hydrogen-bond donors (Lipinski definition) is 2. The molecular weight excluding hydrogens is 456 g/mol. The van der Waals surface area contributed by atoms with Crippen LogP contribution in [0.4, 0.5) is 5.69 Å². The summed E-state index contributed by atoms with van der Waals surface area (Å²) in [4.78, 5) is 23.8. The number of phenols is 1. The number of halogens is 1. The lowest BCUT2D eigenvalue weighted by Gasteiger charge is -2.13. The van der Waals surface area contributed by atoms with Gasteiger partial charge >= 0.3 is 5.97 Å². The maximum atomic E-state index is 12.4. The predicted octanol–water partition coefficient (Wildman–Crippen LogP) is 3.65. The lowest BCUT2D eigenvalue weighted by molar-refractivity contribution is -0.142. The highest BCUT2D eigenvalue weighted by molar-refractivity contribution is 9.10. The van der Waals surface area contributed by atoms with Crippen molar-refractivity contribution in [2.45, 2.75) is 6.92 Å². The molecule has 1 amide bonds. The maximum Gasteiger partial charge on any atom is 0.343 e. The first-order chi connectivity index (χ1) is 14.4. The molecule has 0 aliphatic heterocycles. The molecule has 2 N–H and O–H groups in total. The van der Waals surface area contributed by atoms with E-state index in [1.165, 1.54) is 37.5 Å². The first-order valence-corrected chi connectivity index (χ1v) is 9.55. The molecule has 0 radical (unpaired) electrons. The molecule has 2 rings (SSSR count). The minimum absolute atomic E-state index is 0.0611. The van der Waals surface area contributed by atoms with Gasteiger partial charge in [0.1, 0.15) is 17.4 Å². The van der Waals surface area contributed by atoms with Crippen LogP contribution in [0.3, 0.4) is 0 Å². The number of hydrogen-bond acceptors (Lipinski definition) is 7. The molecule has 9 heteroatoms. The number of nitriles is 1. The Morgan fingerprint density at radius 1 is 1.20 bits per heavy atom. The summed E-state index contributed by atoms with van der Waals surface area (Å²) in [5.41, 5.74) is 0.787. The van der Waals surface area contributed by atoms with E-state index < -0.39 is 11.9 Å². The van der Waals surface area contributed by atoms with Gasteiger partial charge in [-0.2, -0.15) is 5.26 Å². The van der Waals surface area contributed by atoms with E-state index in [2.05, 4.69) is 26.0 Å². The topological polar surface area (TPSA) is 118 Å². The number of anilines is 1. The predicted molar refractivity (Wildman–Crippen MR) is 113 cm³/mol. The third-order valence-corrected chi connectivity index (χ3v) is 4.41. The zero-order valence-electron chi connectivity index (χ0n) is 16.3. The number of nitrogens with one attached hydrogen (secondary N) is 1. The number of ether oxygens (including phenoxy) is 3. The van der Waals surface area contributed by atoms with Gasteiger partial charge < -0.3 is 24.6 Å². The Morgan fingerprint density at radius 3 is 2.47 bits per heavy atom. The normalized spacial score (nSPS) is 10.7. The molecule has 8 nitrogen and oxygen atoms in total. The number of rotatable bonds is 8. The van der Waals surface area contributed by atoms with Crippen LogP contribution in [0.15, 0.2) is 46.4 Å². The van der Waals surface area contributed by atoms with Crippen molar-refractivity contribution in [1.82, 2.24) is 0 Å². The third kappa shape index (κ3) is 6.25. The van der Waals surface area contributed by atoms with Crippen molar-refractivity contribution in [2.24, 2.45) is 0 Å². The first-order valence-electron chi connectivity index (χ1n) is 8.76. The van der Waals surface area contributed by atoms with Crippen molar-refractivity contribution in [1.29, 1.82) is 5.26 Å². The van der Waals surface area contributed by atoms with Crippen molar-refractivity contribution in [3.63, 3.8) is 0 Å². The second kappa shape index (κ2) is 10.9. The van der Waals surface area contributed by atoms with Crippen molar-refractivity contribution in [3.05, 3.63) is 52.0 Å². The van der Waals surface area contributed by atoms with Gasteiger partial charge in [0.25, 0.3) is 5.91 Å². The van der Waals surface area contributed by atoms with E-state index in [1.54, 1.807) is 19.1 Å². The van der Waals surface area contributed by atoms with Gasteiger partial charge in [-0.25, -0.2) is 4.79 Å². The Hall–Kier alpha value is -3.51. The molecule has 0 unspecified atom stereocenters. The summed E-state index contributed by atoms with van der Waals surface area (Å²) < 4.78 is 16.1. The maximum absolute atomic E-state index is 12.4. The highest BCUT2D eigenvalue weighted by atomic mass is 79.9. The summed E-state index contributed by atoms with van der Waals surface area (Å²) >= 11 is 3.37. The molecule has 0 bridgehead atoms. The van der Waals surface area contributed by atoms with Crippen LogP contribution >= 0.6 is 15.9 Å². The number of methoxy groups -OCH3 is 1. The molecule has 2 aromatic carbocycles. The summed E-state index contributed by atoms with van der Waals surface area (Å²) in [6, 6.07) is 10.9. The minimum Gasteiger partial charge on any atom is -0.508 e. The SMILES string of the molecule is CCOc1cc(/C=C(\C#N)C(=O)Nc2ccc(O)cc2)c(Br)cc1OCC(=O)OC. The van der Waals surface area contributed by atoms with Gasteiger partial charge in [-0.1, -0.05) is 15.9 Å². The molecule has 0 heterocycles. The molecule has 2 aromatic rings. The summed E-state index contributed by atoms with van der Waals surface area (Å²) in [6.45, 7) is 1.83. The van der Waals surface area contributed by atoms with Crippen molar-refractivity contribution >= 4 is 39.6 Å². The van der Waals surface area contributed by atoms with E-state index in [1.807, 2.05) is 6.07 Å². The molecule has 0 atom stereocenters. The Morgan fingerprint density at radius 2 is 1.87 bits per heavy atom. The zero-order chi connectivity index (χ0) is 22.1. The fourth-order valence-electron chi connectivity index (χ4n) is 2.29. The van der Waals surface area contributed by atoms with Crippen LogP contribution in [0.1, 0.15) is 12.5 Å². The monoisotopic (exact) mass is 474 g/mol. The molecule has 0 aromatic heterocycles. The Labute approximate surface area is 181 Å². The number of carbonyl (C=O) groups excluding carboxylic acids is 2.